The van der Waals surface area contributed by atoms with Crippen molar-refractivity contribution in [1.29, 1.82) is 0 Å². The summed E-state index contributed by atoms with van der Waals surface area (Å²) in [6.45, 7) is 13.1. The average molecular weight is 274 g/mol. The molecule has 3 atom stereocenters. The van der Waals surface area contributed by atoms with Gasteiger partial charge < -0.3 is 0 Å². The second-order valence-electron chi connectivity index (χ2n) is 7.27. The van der Waals surface area contributed by atoms with E-state index < -0.39 is 0 Å². The summed E-state index contributed by atoms with van der Waals surface area (Å²) < 4.78 is 0. The molecule has 3 unspecified atom stereocenters. The molecule has 0 aromatic carbocycles. The lowest BCUT2D eigenvalue weighted by atomic mass is 9.77. The van der Waals surface area contributed by atoms with Gasteiger partial charge in [0.2, 0.25) is 0 Å². The fourth-order valence-corrected chi connectivity index (χ4v) is 3.46. The van der Waals surface area contributed by atoms with Gasteiger partial charge in [0.25, 0.3) is 0 Å². The Hall–Kier alpha value is -0.780. The number of rotatable bonds is 4. The first-order chi connectivity index (χ1) is 9.50. The fraction of sp³-hybridized carbons (Fsp3) is 0.700. The highest BCUT2D eigenvalue weighted by atomic mass is 14.3. The number of hydrogen-bond donors (Lipinski definition) is 0. The summed E-state index contributed by atoms with van der Waals surface area (Å²) in [6, 6.07) is 0. The van der Waals surface area contributed by atoms with Crippen LogP contribution in [0.5, 0.6) is 0 Å². The van der Waals surface area contributed by atoms with Crippen LogP contribution in [0.25, 0.3) is 0 Å². The van der Waals surface area contributed by atoms with E-state index >= 15 is 0 Å². The molecule has 0 nitrogen and oxygen atoms in total. The summed E-state index contributed by atoms with van der Waals surface area (Å²) in [5, 5.41) is 0. The Morgan fingerprint density at radius 1 is 1.20 bits per heavy atom. The third-order valence-corrected chi connectivity index (χ3v) is 4.96. The van der Waals surface area contributed by atoms with Crippen molar-refractivity contribution in [3.05, 3.63) is 37.0 Å². The van der Waals surface area contributed by atoms with Gasteiger partial charge in [-0.15, -0.1) is 6.58 Å². The minimum absolute atomic E-state index is 0.690. The van der Waals surface area contributed by atoms with Crippen LogP contribution in [-0.4, -0.2) is 0 Å². The standard InChI is InChI=1S/C13H20.C7H14/c1-4-8-12(5-2)13-10-7-6-9-11(13)3;1-7(2)5-3-4-6-7/h4,6-7,9-13H,1,5,8H2,2-3H3;3-6H2,1-2H3. The first-order valence-corrected chi connectivity index (χ1v) is 8.46. The van der Waals surface area contributed by atoms with Crippen LogP contribution in [0.15, 0.2) is 37.0 Å². The maximum absolute atomic E-state index is 3.83. The van der Waals surface area contributed by atoms with Gasteiger partial charge in [0.05, 0.1) is 0 Å². The number of allylic oxidation sites excluding steroid dienone is 5. The van der Waals surface area contributed by atoms with Crippen LogP contribution in [0.2, 0.25) is 0 Å². The molecule has 0 radical (unpaired) electrons. The van der Waals surface area contributed by atoms with Crippen molar-refractivity contribution in [2.24, 2.45) is 23.2 Å². The monoisotopic (exact) mass is 274 g/mol. The van der Waals surface area contributed by atoms with Gasteiger partial charge in [0.15, 0.2) is 0 Å². The Bertz CT molecular complexity index is 324. The smallest absolute Gasteiger partial charge is 0.0139 e. The topological polar surface area (TPSA) is 0 Å². The van der Waals surface area contributed by atoms with E-state index in [0.29, 0.717) is 17.3 Å². The maximum atomic E-state index is 3.83. The summed E-state index contributed by atoms with van der Waals surface area (Å²) in [4.78, 5) is 0. The minimum Gasteiger partial charge on any atom is -0.103 e. The maximum Gasteiger partial charge on any atom is -0.0139 e. The van der Waals surface area contributed by atoms with Gasteiger partial charge in [0.1, 0.15) is 0 Å². The molecule has 1 fully saturated rings. The van der Waals surface area contributed by atoms with Crippen LogP contribution < -0.4 is 0 Å². The van der Waals surface area contributed by atoms with Gasteiger partial charge in [-0.1, -0.05) is 77.3 Å². The van der Waals surface area contributed by atoms with Crippen molar-refractivity contribution in [2.75, 3.05) is 0 Å². The van der Waals surface area contributed by atoms with Gasteiger partial charge in [-0.25, -0.2) is 0 Å². The molecule has 0 amide bonds. The molecule has 0 heterocycles. The van der Waals surface area contributed by atoms with Crippen LogP contribution in [-0.2, 0) is 0 Å². The highest BCUT2D eigenvalue weighted by molar-refractivity contribution is 5.14. The van der Waals surface area contributed by atoms with E-state index in [1.165, 1.54) is 32.1 Å². The molecule has 0 bridgehead atoms. The van der Waals surface area contributed by atoms with Crippen molar-refractivity contribution in [2.45, 2.75) is 66.2 Å². The molecule has 1 saturated carbocycles. The molecular weight excluding hydrogens is 240 g/mol. The normalized spacial score (nSPS) is 28.6. The highest BCUT2D eigenvalue weighted by Crippen LogP contribution is 2.36. The Labute approximate surface area is 127 Å². The van der Waals surface area contributed by atoms with Gasteiger partial charge in [-0.3, -0.25) is 0 Å². The zero-order chi connectivity index (χ0) is 15.0. The molecule has 0 aromatic rings. The van der Waals surface area contributed by atoms with Crippen LogP contribution in [0.3, 0.4) is 0 Å². The zero-order valence-corrected chi connectivity index (χ0v) is 14.1. The lowest BCUT2D eigenvalue weighted by molar-refractivity contribution is 0.324. The molecule has 114 valence electrons. The molecule has 0 N–H and O–H groups in total. The second kappa shape index (κ2) is 8.49. The van der Waals surface area contributed by atoms with E-state index in [9.17, 15) is 0 Å². The predicted molar refractivity (Wildman–Crippen MR) is 91.8 cm³/mol. The fourth-order valence-electron chi connectivity index (χ4n) is 3.46. The van der Waals surface area contributed by atoms with Crippen LogP contribution in [0, 0.1) is 23.2 Å². The molecule has 0 heteroatoms. The summed E-state index contributed by atoms with van der Waals surface area (Å²) >= 11 is 0. The SMILES string of the molecule is C=CCC(CC)C1C=CC=CC1C.CC1(C)CCCC1. The van der Waals surface area contributed by atoms with E-state index in [2.05, 4.69) is 58.6 Å². The third-order valence-electron chi connectivity index (χ3n) is 4.96. The summed E-state index contributed by atoms with van der Waals surface area (Å²) in [6.07, 6.45) is 19.3. The van der Waals surface area contributed by atoms with Crippen molar-refractivity contribution < 1.29 is 0 Å². The second-order valence-corrected chi connectivity index (χ2v) is 7.27. The van der Waals surface area contributed by atoms with Gasteiger partial charge >= 0.3 is 0 Å². The largest absolute Gasteiger partial charge is 0.103 e. The van der Waals surface area contributed by atoms with Crippen LogP contribution >= 0.6 is 0 Å². The van der Waals surface area contributed by atoms with Gasteiger partial charge in [-0.2, -0.15) is 0 Å². The van der Waals surface area contributed by atoms with E-state index in [4.69, 9.17) is 0 Å². The summed E-state index contributed by atoms with van der Waals surface area (Å²) in [5.41, 5.74) is 0.694. The molecule has 2 aliphatic rings. The van der Waals surface area contributed by atoms with Crippen molar-refractivity contribution in [1.82, 2.24) is 0 Å². The predicted octanol–water partition coefficient (Wildman–Crippen LogP) is 6.55. The molecule has 0 saturated heterocycles. The van der Waals surface area contributed by atoms with Crippen molar-refractivity contribution in [3.63, 3.8) is 0 Å². The quantitative estimate of drug-likeness (QED) is 0.510. The Kier molecular flexibility index (Phi) is 7.34. The molecular formula is C20H34. The molecule has 2 rings (SSSR count). The summed E-state index contributed by atoms with van der Waals surface area (Å²) in [7, 11) is 0. The Morgan fingerprint density at radius 3 is 2.20 bits per heavy atom. The first kappa shape index (κ1) is 17.3. The molecule has 0 aliphatic heterocycles. The van der Waals surface area contributed by atoms with E-state index in [1.807, 2.05) is 6.08 Å². The summed E-state index contributed by atoms with van der Waals surface area (Å²) in [5.74, 6) is 2.18. The van der Waals surface area contributed by atoms with Gasteiger partial charge in [0, 0.05) is 0 Å². The van der Waals surface area contributed by atoms with Crippen LogP contribution in [0.1, 0.15) is 66.2 Å². The highest BCUT2D eigenvalue weighted by Gasteiger charge is 2.22. The van der Waals surface area contributed by atoms with E-state index in [-0.39, 0.29) is 0 Å². The van der Waals surface area contributed by atoms with Crippen molar-refractivity contribution in [3.8, 4) is 0 Å². The number of hydrogen-bond acceptors (Lipinski definition) is 0. The first-order valence-electron chi connectivity index (χ1n) is 8.46. The molecule has 20 heavy (non-hydrogen) atoms. The van der Waals surface area contributed by atoms with Gasteiger partial charge in [-0.05, 0) is 42.4 Å². The molecule has 0 aromatic heterocycles. The van der Waals surface area contributed by atoms with E-state index in [0.717, 1.165) is 12.3 Å². The zero-order valence-electron chi connectivity index (χ0n) is 14.1. The average Bonchev–Trinajstić information content (AvgIpc) is 2.82. The van der Waals surface area contributed by atoms with E-state index in [1.54, 1.807) is 0 Å². The third kappa shape index (κ3) is 5.69. The Balaban J connectivity index is 0.000000240. The lowest BCUT2D eigenvalue weighted by Gasteiger charge is -2.28. The minimum atomic E-state index is 0.690. The lowest BCUT2D eigenvalue weighted by Crippen LogP contribution is -2.19. The van der Waals surface area contributed by atoms with Crippen molar-refractivity contribution >= 4 is 0 Å². The molecule has 2 aliphatic carbocycles. The van der Waals surface area contributed by atoms with Crippen LogP contribution in [0.4, 0.5) is 0 Å². The molecule has 0 spiro atoms. The Morgan fingerprint density at radius 2 is 1.80 bits per heavy atom.